The summed E-state index contributed by atoms with van der Waals surface area (Å²) < 4.78 is 7.25. The van der Waals surface area contributed by atoms with Gasteiger partial charge in [0.1, 0.15) is 5.52 Å². The van der Waals surface area contributed by atoms with Gasteiger partial charge in [0.05, 0.1) is 6.04 Å². The van der Waals surface area contributed by atoms with Crippen LogP contribution in [0, 0.1) is 23.7 Å². The Morgan fingerprint density at radius 3 is 2.49 bits per heavy atom. The predicted molar refractivity (Wildman–Crippen MR) is 168 cm³/mol. The van der Waals surface area contributed by atoms with Gasteiger partial charge in [0.25, 0.3) is 0 Å². The Morgan fingerprint density at radius 1 is 1.00 bits per heavy atom. The van der Waals surface area contributed by atoms with Gasteiger partial charge in [-0.05, 0) is 74.7 Å². The van der Waals surface area contributed by atoms with E-state index in [0.717, 1.165) is 49.1 Å². The van der Waals surface area contributed by atoms with Crippen LogP contribution in [-0.4, -0.2) is 42.2 Å². The van der Waals surface area contributed by atoms with Crippen LogP contribution in [0.2, 0.25) is 0 Å². The van der Waals surface area contributed by atoms with Gasteiger partial charge in [-0.2, -0.15) is 4.98 Å². The first-order valence-electron chi connectivity index (χ1n) is 16.4. The van der Waals surface area contributed by atoms with Gasteiger partial charge in [0.2, 0.25) is 17.6 Å². The predicted octanol–water partition coefficient (Wildman–Crippen LogP) is 6.57. The minimum Gasteiger partial charge on any atom is -0.365 e. The number of nitrogens with one attached hydrogen (secondary N) is 2. The number of H-pyrrole nitrogens is 1. The Labute approximate surface area is 252 Å². The van der Waals surface area contributed by atoms with Crippen LogP contribution in [-0.2, 0) is 6.54 Å². The molecule has 2 N–H and O–H groups in total. The van der Waals surface area contributed by atoms with Crippen molar-refractivity contribution < 1.29 is 4.52 Å². The Bertz CT molecular complexity index is 1600. The molecule has 3 aromatic heterocycles. The fraction of sp³-hybridized carbons (Fsp3) is 0.606. The molecule has 4 heterocycles. The van der Waals surface area contributed by atoms with Gasteiger partial charge in [-0.1, -0.05) is 68.6 Å². The fourth-order valence-corrected chi connectivity index (χ4v) is 7.36. The molecule has 10 nitrogen and oxygen atoms in total. The molecule has 228 valence electrons. The molecule has 10 heteroatoms. The van der Waals surface area contributed by atoms with E-state index >= 15 is 0 Å². The summed E-state index contributed by atoms with van der Waals surface area (Å²) in [5.74, 6) is 4.25. The molecule has 1 aromatic carbocycles. The molecule has 7 rings (SSSR count). The minimum absolute atomic E-state index is 0.220. The first kappa shape index (κ1) is 28.1. The lowest BCUT2D eigenvalue weighted by Gasteiger charge is -2.40. The van der Waals surface area contributed by atoms with Crippen LogP contribution in [0.25, 0.3) is 22.8 Å². The zero-order chi connectivity index (χ0) is 29.5. The van der Waals surface area contributed by atoms with E-state index in [1.807, 2.05) is 0 Å². The quantitative estimate of drug-likeness (QED) is 0.239. The van der Waals surface area contributed by atoms with Gasteiger partial charge in [-0.3, -0.25) is 9.51 Å². The third-order valence-electron chi connectivity index (χ3n) is 10.3. The number of aromatic nitrogens is 6. The summed E-state index contributed by atoms with van der Waals surface area (Å²) in [6.07, 6.45) is 10.9. The fourth-order valence-electron chi connectivity index (χ4n) is 7.36. The van der Waals surface area contributed by atoms with Gasteiger partial charge in [-0.25, -0.2) is 14.8 Å². The average molecular weight is 585 g/mol. The maximum atomic E-state index is 11.8. The monoisotopic (exact) mass is 584 g/mol. The molecular weight excluding hydrogens is 540 g/mol. The normalized spacial score (nSPS) is 25.5. The van der Waals surface area contributed by atoms with E-state index < -0.39 is 5.76 Å². The number of piperidine rings is 1. The molecular formula is C33H44N8O2. The van der Waals surface area contributed by atoms with Crippen LogP contribution in [0.5, 0.6) is 0 Å². The van der Waals surface area contributed by atoms with E-state index in [4.69, 9.17) is 19.5 Å². The summed E-state index contributed by atoms with van der Waals surface area (Å²) in [6.45, 7) is 8.81. The van der Waals surface area contributed by atoms with Crippen LogP contribution in [0.3, 0.4) is 0 Å². The highest BCUT2D eigenvalue weighted by Crippen LogP contribution is 2.41. The lowest BCUT2D eigenvalue weighted by atomic mass is 9.80. The number of rotatable bonds is 8. The SMILES string of the molecule is CC1CCN(c2nc3nc(-c4noc(=O)[nH]4)nc(N[C@H](C)C4CCC4)c3n2C[C@H]2CC[C@H](C)CC2)C(c2ccccc2)C1. The summed E-state index contributed by atoms with van der Waals surface area (Å²) in [5, 5.41) is 7.69. The highest BCUT2D eigenvalue weighted by atomic mass is 16.5. The molecule has 2 unspecified atom stereocenters. The van der Waals surface area contributed by atoms with Crippen LogP contribution < -0.4 is 16.0 Å². The third kappa shape index (κ3) is 5.68. The van der Waals surface area contributed by atoms with Crippen molar-refractivity contribution in [3.63, 3.8) is 0 Å². The molecule has 0 amide bonds. The first-order chi connectivity index (χ1) is 20.9. The second kappa shape index (κ2) is 11.8. The molecule has 3 atom stereocenters. The van der Waals surface area contributed by atoms with Crippen molar-refractivity contribution in [2.24, 2.45) is 23.7 Å². The number of imidazole rings is 1. The van der Waals surface area contributed by atoms with Gasteiger partial charge < -0.3 is 14.8 Å². The summed E-state index contributed by atoms with van der Waals surface area (Å²) in [5.41, 5.74) is 2.89. The summed E-state index contributed by atoms with van der Waals surface area (Å²) >= 11 is 0. The van der Waals surface area contributed by atoms with E-state index in [2.05, 4.69) is 76.0 Å². The summed E-state index contributed by atoms with van der Waals surface area (Å²) in [6, 6.07) is 11.3. The number of anilines is 2. The summed E-state index contributed by atoms with van der Waals surface area (Å²) in [4.78, 5) is 32.2. The molecule has 0 spiro atoms. The second-order valence-electron chi connectivity index (χ2n) is 13.5. The van der Waals surface area contributed by atoms with Crippen LogP contribution in [0.1, 0.15) is 90.2 Å². The van der Waals surface area contributed by atoms with E-state index in [9.17, 15) is 4.79 Å². The number of aromatic amines is 1. The highest BCUT2D eigenvalue weighted by Gasteiger charge is 2.34. The van der Waals surface area contributed by atoms with Crippen molar-refractivity contribution in [2.75, 3.05) is 16.8 Å². The third-order valence-corrected chi connectivity index (χ3v) is 10.3. The van der Waals surface area contributed by atoms with E-state index in [1.54, 1.807) is 0 Å². The smallest absolute Gasteiger partial charge is 0.365 e. The average Bonchev–Trinajstić information content (AvgIpc) is 3.57. The number of fused-ring (bicyclic) bond motifs is 1. The summed E-state index contributed by atoms with van der Waals surface area (Å²) in [7, 11) is 0. The van der Waals surface area contributed by atoms with Crippen molar-refractivity contribution in [2.45, 2.75) is 97.2 Å². The lowest BCUT2D eigenvalue weighted by molar-refractivity contribution is 0.265. The van der Waals surface area contributed by atoms with Gasteiger partial charge >= 0.3 is 5.76 Å². The van der Waals surface area contributed by atoms with Crippen molar-refractivity contribution >= 4 is 22.9 Å². The van der Waals surface area contributed by atoms with E-state index in [-0.39, 0.29) is 17.9 Å². The van der Waals surface area contributed by atoms with Crippen molar-refractivity contribution in [1.29, 1.82) is 0 Å². The molecule has 1 saturated heterocycles. The van der Waals surface area contributed by atoms with Gasteiger partial charge in [-0.15, -0.1) is 0 Å². The topological polar surface area (TPSA) is 118 Å². The highest BCUT2D eigenvalue weighted by molar-refractivity contribution is 5.87. The van der Waals surface area contributed by atoms with Gasteiger partial charge in [0.15, 0.2) is 11.5 Å². The Kier molecular flexibility index (Phi) is 7.69. The van der Waals surface area contributed by atoms with Crippen LogP contribution in [0.15, 0.2) is 39.6 Å². The number of nitrogens with zero attached hydrogens (tertiary/aromatic N) is 6. The Balaban J connectivity index is 1.38. The Morgan fingerprint density at radius 2 is 1.79 bits per heavy atom. The molecule has 0 bridgehead atoms. The van der Waals surface area contributed by atoms with Crippen molar-refractivity contribution in [3.05, 3.63) is 46.4 Å². The number of hydrogen-bond acceptors (Lipinski definition) is 8. The largest absolute Gasteiger partial charge is 0.439 e. The maximum absolute atomic E-state index is 11.8. The van der Waals surface area contributed by atoms with Crippen molar-refractivity contribution in [1.82, 2.24) is 29.7 Å². The van der Waals surface area contributed by atoms with Gasteiger partial charge in [0, 0.05) is 19.1 Å². The van der Waals surface area contributed by atoms with Crippen LogP contribution >= 0.6 is 0 Å². The first-order valence-corrected chi connectivity index (χ1v) is 16.4. The number of hydrogen-bond donors (Lipinski definition) is 2. The molecule has 2 saturated carbocycles. The molecule has 3 aliphatic rings. The second-order valence-corrected chi connectivity index (χ2v) is 13.5. The molecule has 3 fully saturated rings. The number of benzene rings is 1. The van der Waals surface area contributed by atoms with Crippen molar-refractivity contribution in [3.8, 4) is 11.6 Å². The van der Waals surface area contributed by atoms with E-state index in [1.165, 1.54) is 50.5 Å². The molecule has 1 aliphatic heterocycles. The molecule has 0 radical (unpaired) electrons. The molecule has 43 heavy (non-hydrogen) atoms. The Hall–Kier alpha value is -3.69. The van der Waals surface area contributed by atoms with Crippen LogP contribution in [0.4, 0.5) is 11.8 Å². The zero-order valence-electron chi connectivity index (χ0n) is 25.6. The molecule has 2 aliphatic carbocycles. The lowest BCUT2D eigenvalue weighted by Crippen LogP contribution is -2.38. The van der Waals surface area contributed by atoms with E-state index in [0.29, 0.717) is 29.2 Å². The minimum atomic E-state index is -0.623. The molecule has 4 aromatic rings. The zero-order valence-corrected chi connectivity index (χ0v) is 25.6. The standard InChI is InChI=1S/C33H44N8O2/c1-20-12-14-23(15-13-20)19-41-27-28(34-22(3)24-10-7-11-24)35-30(31-38-33(42)43-39-31)36-29(27)37-32(41)40-17-16-21(2)18-26(40)25-8-5-4-6-9-25/h4-6,8-9,20-24,26H,7,10-19H2,1-3H3,(H,34,35,36)(H,38,39,42)/t20-,21?,22-,23-,26?/m1/s1. The maximum Gasteiger partial charge on any atom is 0.439 e.